The highest BCUT2D eigenvalue weighted by Crippen LogP contribution is 2.29. The molecule has 1 aliphatic rings. The van der Waals surface area contributed by atoms with Crippen molar-refractivity contribution in [2.24, 2.45) is 10.9 Å². The van der Waals surface area contributed by atoms with Crippen LogP contribution in [-0.2, 0) is 37.6 Å². The van der Waals surface area contributed by atoms with Crippen molar-refractivity contribution in [2.75, 3.05) is 6.54 Å². The Hall–Kier alpha value is -4.13. The number of amidine groups is 1. The Labute approximate surface area is 268 Å². The fourth-order valence-electron chi connectivity index (χ4n) is 5.25. The molecule has 0 N–H and O–H groups in total. The molecule has 45 heavy (non-hydrogen) atoms. The van der Waals surface area contributed by atoms with Gasteiger partial charge >= 0.3 is 11.9 Å². The minimum absolute atomic E-state index is 0.0313. The third kappa shape index (κ3) is 9.93. The van der Waals surface area contributed by atoms with Gasteiger partial charge in [-0.25, -0.2) is 4.99 Å². The highest BCUT2D eigenvalue weighted by Gasteiger charge is 2.47. The maximum atomic E-state index is 13.4. The Kier molecular flexibility index (Phi) is 11.4. The zero-order valence-electron chi connectivity index (χ0n) is 27.7. The Bertz CT molecular complexity index is 1400. The van der Waals surface area contributed by atoms with Gasteiger partial charge in [-0.05, 0) is 52.8 Å². The summed E-state index contributed by atoms with van der Waals surface area (Å²) in [5.74, 6) is -2.91. The first-order valence-corrected chi connectivity index (χ1v) is 16.1. The number of hydrogen-bond donors (Lipinski definition) is 0. The van der Waals surface area contributed by atoms with Gasteiger partial charge in [0.25, 0.3) is 5.79 Å². The Morgan fingerprint density at radius 2 is 1.44 bits per heavy atom. The molecular weight excluding hydrogens is 564 g/mol. The lowest BCUT2D eigenvalue weighted by Gasteiger charge is -2.36. The van der Waals surface area contributed by atoms with Crippen LogP contribution >= 0.6 is 0 Å². The van der Waals surface area contributed by atoms with Gasteiger partial charge in [-0.3, -0.25) is 9.59 Å². The Morgan fingerprint density at radius 3 is 2.04 bits per heavy atom. The highest BCUT2D eigenvalue weighted by molar-refractivity contribution is 6.17. The molecule has 0 aromatic heterocycles. The van der Waals surface area contributed by atoms with E-state index in [2.05, 4.69) is 52.0 Å². The van der Waals surface area contributed by atoms with Crippen LogP contribution in [0, 0.1) is 5.92 Å². The topological polar surface area (TPSA) is 77.4 Å². The number of nitrogens with zero attached hydrogens (tertiary/aromatic N) is 2. The zero-order valence-corrected chi connectivity index (χ0v) is 27.7. The summed E-state index contributed by atoms with van der Waals surface area (Å²) in [5.41, 5.74) is 4.00. The van der Waals surface area contributed by atoms with E-state index in [1.54, 1.807) is 13.8 Å². The number of carbonyl (C=O) groups excluding carboxylic acids is 2. The van der Waals surface area contributed by atoms with Gasteiger partial charge in [-0.1, -0.05) is 108 Å². The maximum Gasteiger partial charge on any atom is 0.331 e. The second-order valence-corrected chi connectivity index (χ2v) is 13.2. The summed E-state index contributed by atoms with van der Waals surface area (Å²) in [7, 11) is 0. The summed E-state index contributed by atoms with van der Waals surface area (Å²) in [6, 6.07) is 25.8. The minimum atomic E-state index is -1.33. The second-order valence-electron chi connectivity index (χ2n) is 13.2. The monoisotopic (exact) mass is 612 g/mol. The molecule has 1 aliphatic heterocycles. The van der Waals surface area contributed by atoms with E-state index in [1.165, 1.54) is 12.0 Å². The summed E-state index contributed by atoms with van der Waals surface area (Å²) in [6.45, 7) is 13.4. The van der Waals surface area contributed by atoms with Crippen molar-refractivity contribution in [3.05, 3.63) is 95.6 Å². The number of cyclic esters (lactones) is 2. The van der Waals surface area contributed by atoms with Gasteiger partial charge in [0.1, 0.15) is 18.2 Å². The largest absolute Gasteiger partial charge is 0.489 e. The molecule has 0 atom stereocenters. The third-order valence-corrected chi connectivity index (χ3v) is 7.80. The van der Waals surface area contributed by atoms with Crippen LogP contribution in [0.1, 0.15) is 90.3 Å². The van der Waals surface area contributed by atoms with Crippen LogP contribution in [0.25, 0.3) is 0 Å². The number of unbranched alkanes of at least 4 members (excludes halogenated alkanes) is 4. The van der Waals surface area contributed by atoms with E-state index in [4.69, 9.17) is 19.2 Å². The number of esters is 2. The smallest absolute Gasteiger partial charge is 0.331 e. The quantitative estimate of drug-likeness (QED) is 0.0633. The highest BCUT2D eigenvalue weighted by atomic mass is 16.7. The number of hydrogen-bond acceptors (Lipinski definition) is 6. The van der Waals surface area contributed by atoms with Crippen molar-refractivity contribution in [3.8, 4) is 5.75 Å². The predicted molar refractivity (Wildman–Crippen MR) is 178 cm³/mol. The molecule has 0 bridgehead atoms. The molecule has 0 spiro atoms. The second kappa shape index (κ2) is 15.2. The fraction of sp³-hybridized carbons (Fsp3) is 0.447. The molecular formula is C38H48N2O5. The van der Waals surface area contributed by atoms with Crippen molar-refractivity contribution < 1.29 is 23.8 Å². The van der Waals surface area contributed by atoms with Gasteiger partial charge in [0.2, 0.25) is 5.92 Å². The molecule has 0 saturated carbocycles. The lowest BCUT2D eigenvalue weighted by atomic mass is 9.86. The molecule has 4 rings (SSSR count). The Morgan fingerprint density at radius 1 is 0.822 bits per heavy atom. The molecule has 1 fully saturated rings. The predicted octanol–water partition coefficient (Wildman–Crippen LogP) is 8.52. The van der Waals surface area contributed by atoms with E-state index in [-0.39, 0.29) is 5.41 Å². The molecule has 3 aromatic rings. The van der Waals surface area contributed by atoms with Crippen LogP contribution in [0.5, 0.6) is 5.75 Å². The van der Waals surface area contributed by atoms with Crippen molar-refractivity contribution >= 4 is 23.5 Å². The van der Waals surface area contributed by atoms with E-state index >= 15 is 0 Å². The number of rotatable bonds is 13. The van der Waals surface area contributed by atoms with Gasteiger partial charge < -0.3 is 19.1 Å². The molecule has 0 radical (unpaired) electrons. The van der Waals surface area contributed by atoms with Crippen molar-refractivity contribution in [1.82, 2.24) is 4.90 Å². The van der Waals surface area contributed by atoms with E-state index in [0.29, 0.717) is 37.0 Å². The zero-order chi connectivity index (χ0) is 32.5. The number of benzene rings is 3. The van der Waals surface area contributed by atoms with Crippen LogP contribution in [0.2, 0.25) is 0 Å². The summed E-state index contributed by atoms with van der Waals surface area (Å²) in [6.07, 6.45) is 5.39. The first-order valence-electron chi connectivity index (χ1n) is 16.1. The van der Waals surface area contributed by atoms with Gasteiger partial charge in [-0.2, -0.15) is 0 Å². The molecule has 7 nitrogen and oxygen atoms in total. The normalized spacial score (nSPS) is 15.4. The maximum absolute atomic E-state index is 13.4. The molecule has 1 heterocycles. The molecule has 7 heteroatoms. The standard InChI is InChI=1S/C38H48N2O5/c1-7-8-9-10-14-25-40(26-28-17-19-30(20-18-28)37(2,3)4)34(33-35(41)44-38(5,6)45-36(33)42)39-31-21-23-32(24-22-31)43-27-29-15-12-11-13-16-29/h11-13,15-24,33H,7-10,14,25-27H2,1-6H3. The molecule has 1 saturated heterocycles. The van der Waals surface area contributed by atoms with E-state index in [9.17, 15) is 9.59 Å². The number of ether oxygens (including phenoxy) is 3. The van der Waals surface area contributed by atoms with Crippen molar-refractivity contribution in [3.63, 3.8) is 0 Å². The van der Waals surface area contributed by atoms with E-state index < -0.39 is 23.6 Å². The van der Waals surface area contributed by atoms with E-state index in [0.717, 1.165) is 36.8 Å². The summed E-state index contributed by atoms with van der Waals surface area (Å²) in [5, 5.41) is 0. The fourth-order valence-corrected chi connectivity index (χ4v) is 5.25. The van der Waals surface area contributed by atoms with Gasteiger partial charge in [0.15, 0.2) is 0 Å². The summed E-state index contributed by atoms with van der Waals surface area (Å²) in [4.78, 5) is 33.8. The van der Waals surface area contributed by atoms with Crippen LogP contribution in [0.4, 0.5) is 5.69 Å². The lowest BCUT2D eigenvalue weighted by Crippen LogP contribution is -2.52. The Balaban J connectivity index is 1.66. The SMILES string of the molecule is CCCCCCCN(Cc1ccc(C(C)(C)C)cc1)C(=Nc1ccc(OCc2ccccc2)cc1)C1C(=O)OC(C)(C)OC1=O. The summed E-state index contributed by atoms with van der Waals surface area (Å²) < 4.78 is 17.1. The molecule has 0 amide bonds. The van der Waals surface area contributed by atoms with Crippen LogP contribution in [-0.4, -0.2) is 35.0 Å². The molecule has 0 unspecified atom stereocenters. The molecule has 0 aliphatic carbocycles. The van der Waals surface area contributed by atoms with Gasteiger partial charge in [0, 0.05) is 26.9 Å². The van der Waals surface area contributed by atoms with Crippen LogP contribution in [0.3, 0.4) is 0 Å². The summed E-state index contributed by atoms with van der Waals surface area (Å²) >= 11 is 0. The van der Waals surface area contributed by atoms with Crippen molar-refractivity contribution in [1.29, 1.82) is 0 Å². The first-order chi connectivity index (χ1) is 21.4. The van der Waals surface area contributed by atoms with Gasteiger partial charge in [0.05, 0.1) is 5.69 Å². The molecule has 240 valence electrons. The van der Waals surface area contributed by atoms with Gasteiger partial charge in [-0.15, -0.1) is 0 Å². The average molecular weight is 613 g/mol. The molecule has 3 aromatic carbocycles. The number of carbonyl (C=O) groups is 2. The lowest BCUT2D eigenvalue weighted by molar-refractivity contribution is -0.236. The minimum Gasteiger partial charge on any atom is -0.489 e. The van der Waals surface area contributed by atoms with Crippen LogP contribution < -0.4 is 4.74 Å². The van der Waals surface area contributed by atoms with E-state index in [1.807, 2.05) is 59.5 Å². The average Bonchev–Trinajstić information content (AvgIpc) is 2.99. The van der Waals surface area contributed by atoms with Crippen molar-refractivity contribution in [2.45, 2.75) is 98.0 Å². The first kappa shape index (κ1) is 33.8. The van der Waals surface area contributed by atoms with Crippen LogP contribution in [0.15, 0.2) is 83.9 Å². The third-order valence-electron chi connectivity index (χ3n) is 7.80. The number of aliphatic imine (C=N–C) groups is 1.